The molecule has 1 atom stereocenters. The number of ether oxygens (including phenoxy) is 2. The summed E-state index contributed by atoms with van der Waals surface area (Å²) in [6, 6.07) is 10.1. The van der Waals surface area contributed by atoms with Crippen LogP contribution in [0.3, 0.4) is 0 Å². The number of carbonyl (C=O) groups is 1. The van der Waals surface area contributed by atoms with Crippen LogP contribution in [-0.4, -0.2) is 35.1 Å². The molecule has 0 radical (unpaired) electrons. The molecule has 8 nitrogen and oxygen atoms in total. The molecule has 1 unspecified atom stereocenters. The monoisotopic (exact) mass is 373 g/mol. The van der Waals surface area contributed by atoms with Crippen LogP contribution >= 0.6 is 0 Å². The van der Waals surface area contributed by atoms with E-state index in [9.17, 15) is 14.9 Å². The zero-order chi connectivity index (χ0) is 19.6. The van der Waals surface area contributed by atoms with E-state index in [2.05, 4.69) is 10.3 Å². The summed E-state index contributed by atoms with van der Waals surface area (Å²) in [5, 5.41) is 13.8. The Balaban J connectivity index is 1.81. The minimum Gasteiger partial charge on any atom is -0.494 e. The normalized spacial score (nSPS) is 11.5. The van der Waals surface area contributed by atoms with Crippen LogP contribution in [0.15, 0.2) is 42.6 Å². The summed E-state index contributed by atoms with van der Waals surface area (Å²) in [5.74, 6) is 0.937. The first-order chi connectivity index (χ1) is 13.0. The average Bonchev–Trinajstić information content (AvgIpc) is 2.67. The molecule has 2 rings (SSSR count). The zero-order valence-corrected chi connectivity index (χ0v) is 15.4. The Morgan fingerprint density at radius 2 is 1.96 bits per heavy atom. The molecule has 1 heterocycles. The topological polar surface area (TPSA) is 104 Å². The van der Waals surface area contributed by atoms with Crippen molar-refractivity contribution in [3.8, 4) is 5.75 Å². The van der Waals surface area contributed by atoms with Crippen molar-refractivity contribution < 1.29 is 19.2 Å². The molecule has 1 aromatic heterocycles. The Hall–Kier alpha value is -3.16. The van der Waals surface area contributed by atoms with Crippen molar-refractivity contribution in [2.24, 2.45) is 0 Å². The Kier molecular flexibility index (Phi) is 7.54. The Morgan fingerprint density at radius 3 is 2.52 bits per heavy atom. The van der Waals surface area contributed by atoms with Crippen molar-refractivity contribution in [1.82, 2.24) is 4.98 Å². The highest BCUT2D eigenvalue weighted by molar-refractivity contribution is 5.72. The molecule has 1 N–H and O–H groups in total. The van der Waals surface area contributed by atoms with Crippen LogP contribution in [0.2, 0.25) is 0 Å². The lowest BCUT2D eigenvalue weighted by Gasteiger charge is -2.17. The maximum absolute atomic E-state index is 12.0. The summed E-state index contributed by atoms with van der Waals surface area (Å²) in [4.78, 5) is 26.2. The number of pyridine rings is 1. The fourth-order valence-electron chi connectivity index (χ4n) is 2.33. The third-order valence-electron chi connectivity index (χ3n) is 3.83. The molecule has 27 heavy (non-hydrogen) atoms. The molecular weight excluding hydrogens is 350 g/mol. The molecule has 1 aromatic carbocycles. The number of nitrogens with one attached hydrogen (secondary N) is 1. The second kappa shape index (κ2) is 10.1. The SMILES string of the molecule is CCOc1ccc(CC(=O)OCC(CC)Nc2ccc([N+](=O)[O-])cn2)cc1. The van der Waals surface area contributed by atoms with E-state index < -0.39 is 4.92 Å². The fraction of sp³-hybridized carbons (Fsp3) is 0.368. The maximum Gasteiger partial charge on any atom is 0.310 e. The van der Waals surface area contributed by atoms with Crippen molar-refractivity contribution >= 4 is 17.5 Å². The number of nitrogens with zero attached hydrogens (tertiary/aromatic N) is 2. The number of hydrogen-bond donors (Lipinski definition) is 1. The van der Waals surface area contributed by atoms with Crippen molar-refractivity contribution in [2.75, 3.05) is 18.5 Å². The Labute approximate surface area is 157 Å². The first kappa shape index (κ1) is 20.2. The molecule has 0 aliphatic rings. The number of anilines is 1. The van der Waals surface area contributed by atoms with Gasteiger partial charge in [0.1, 0.15) is 24.4 Å². The predicted molar refractivity (Wildman–Crippen MR) is 101 cm³/mol. The van der Waals surface area contributed by atoms with Gasteiger partial charge in [0.05, 0.1) is 24.0 Å². The summed E-state index contributed by atoms with van der Waals surface area (Å²) in [6.07, 6.45) is 2.07. The average molecular weight is 373 g/mol. The van der Waals surface area contributed by atoms with E-state index in [-0.39, 0.29) is 30.7 Å². The minimum atomic E-state index is -0.503. The Morgan fingerprint density at radius 1 is 1.22 bits per heavy atom. The standard InChI is InChI=1S/C19H23N3O5/c1-3-15(21-18-10-7-16(12-20-18)22(24)25)13-27-19(23)11-14-5-8-17(9-6-14)26-4-2/h5-10,12,15H,3-4,11,13H2,1-2H3,(H,20,21). The molecule has 0 bridgehead atoms. The largest absolute Gasteiger partial charge is 0.494 e. The van der Waals surface area contributed by atoms with Gasteiger partial charge in [-0.3, -0.25) is 14.9 Å². The number of carbonyl (C=O) groups excluding carboxylic acids is 1. The molecule has 8 heteroatoms. The van der Waals surface area contributed by atoms with Gasteiger partial charge in [0.25, 0.3) is 5.69 Å². The van der Waals surface area contributed by atoms with Gasteiger partial charge in [0.2, 0.25) is 0 Å². The number of benzene rings is 1. The van der Waals surface area contributed by atoms with Crippen molar-refractivity contribution in [1.29, 1.82) is 0 Å². The zero-order valence-electron chi connectivity index (χ0n) is 15.4. The quantitative estimate of drug-likeness (QED) is 0.387. The molecular formula is C19H23N3O5. The molecule has 144 valence electrons. The lowest BCUT2D eigenvalue weighted by atomic mass is 10.1. The van der Waals surface area contributed by atoms with Gasteiger partial charge in [-0.2, -0.15) is 0 Å². The third-order valence-corrected chi connectivity index (χ3v) is 3.83. The third kappa shape index (κ3) is 6.58. The van der Waals surface area contributed by atoms with Crippen LogP contribution in [0, 0.1) is 10.1 Å². The van der Waals surface area contributed by atoms with Gasteiger partial charge in [-0.15, -0.1) is 0 Å². The Bertz CT molecular complexity index is 747. The number of esters is 1. The summed E-state index contributed by atoms with van der Waals surface area (Å²) >= 11 is 0. The van der Waals surface area contributed by atoms with Crippen molar-refractivity contribution in [2.45, 2.75) is 32.7 Å². The van der Waals surface area contributed by atoms with Gasteiger partial charge < -0.3 is 14.8 Å². The minimum absolute atomic E-state index is 0.0737. The van der Waals surface area contributed by atoms with Gasteiger partial charge in [-0.05, 0) is 37.1 Å². The molecule has 0 saturated heterocycles. The van der Waals surface area contributed by atoms with Crippen LogP contribution in [0.5, 0.6) is 5.75 Å². The lowest BCUT2D eigenvalue weighted by molar-refractivity contribution is -0.385. The van der Waals surface area contributed by atoms with E-state index in [0.717, 1.165) is 11.3 Å². The van der Waals surface area contributed by atoms with Crippen LogP contribution in [0.1, 0.15) is 25.8 Å². The van der Waals surface area contributed by atoms with E-state index in [1.165, 1.54) is 18.3 Å². The van der Waals surface area contributed by atoms with Crippen LogP contribution in [0.25, 0.3) is 0 Å². The van der Waals surface area contributed by atoms with E-state index in [1.54, 1.807) is 0 Å². The molecule has 0 spiro atoms. The summed E-state index contributed by atoms with van der Waals surface area (Å²) < 4.78 is 10.7. The first-order valence-corrected chi connectivity index (χ1v) is 8.76. The van der Waals surface area contributed by atoms with Crippen LogP contribution in [-0.2, 0) is 16.0 Å². The van der Waals surface area contributed by atoms with Crippen LogP contribution < -0.4 is 10.1 Å². The van der Waals surface area contributed by atoms with E-state index in [1.807, 2.05) is 38.1 Å². The first-order valence-electron chi connectivity index (χ1n) is 8.76. The number of nitro groups is 1. The van der Waals surface area contributed by atoms with Gasteiger partial charge in [0, 0.05) is 6.07 Å². The number of aromatic nitrogens is 1. The van der Waals surface area contributed by atoms with E-state index >= 15 is 0 Å². The highest BCUT2D eigenvalue weighted by Crippen LogP contribution is 2.14. The molecule has 0 fully saturated rings. The molecule has 0 aliphatic carbocycles. The molecule has 2 aromatic rings. The molecule has 0 aliphatic heterocycles. The van der Waals surface area contributed by atoms with E-state index in [4.69, 9.17) is 9.47 Å². The second-order valence-electron chi connectivity index (χ2n) is 5.85. The van der Waals surface area contributed by atoms with Crippen molar-refractivity contribution in [3.63, 3.8) is 0 Å². The smallest absolute Gasteiger partial charge is 0.310 e. The number of hydrogen-bond acceptors (Lipinski definition) is 7. The fourth-order valence-corrected chi connectivity index (χ4v) is 2.33. The van der Waals surface area contributed by atoms with Gasteiger partial charge >= 0.3 is 5.97 Å². The van der Waals surface area contributed by atoms with Gasteiger partial charge in [-0.1, -0.05) is 19.1 Å². The van der Waals surface area contributed by atoms with Crippen LogP contribution in [0.4, 0.5) is 11.5 Å². The van der Waals surface area contributed by atoms with Gasteiger partial charge in [-0.25, -0.2) is 4.98 Å². The summed E-state index contributed by atoms with van der Waals surface area (Å²) in [7, 11) is 0. The second-order valence-corrected chi connectivity index (χ2v) is 5.85. The van der Waals surface area contributed by atoms with Gasteiger partial charge in [0.15, 0.2) is 0 Å². The highest BCUT2D eigenvalue weighted by Gasteiger charge is 2.13. The maximum atomic E-state index is 12.0. The predicted octanol–water partition coefficient (Wildman–Crippen LogP) is 3.36. The highest BCUT2D eigenvalue weighted by atomic mass is 16.6. The molecule has 0 saturated carbocycles. The summed E-state index contributed by atoms with van der Waals surface area (Å²) in [5.41, 5.74) is 0.775. The number of rotatable bonds is 10. The van der Waals surface area contributed by atoms with E-state index in [0.29, 0.717) is 18.8 Å². The lowest BCUT2D eigenvalue weighted by Crippen LogP contribution is -2.27. The summed E-state index contributed by atoms with van der Waals surface area (Å²) in [6.45, 7) is 4.64. The molecule has 0 amide bonds. The van der Waals surface area contributed by atoms with Crippen molar-refractivity contribution in [3.05, 3.63) is 58.3 Å².